The second kappa shape index (κ2) is 5.65. The van der Waals surface area contributed by atoms with Gasteiger partial charge in [-0.2, -0.15) is 0 Å². The number of anilines is 1. The van der Waals surface area contributed by atoms with Crippen LogP contribution in [0.5, 0.6) is 0 Å². The van der Waals surface area contributed by atoms with Gasteiger partial charge in [0.15, 0.2) is 5.78 Å². The van der Waals surface area contributed by atoms with Gasteiger partial charge in [-0.25, -0.2) is 4.79 Å². The minimum atomic E-state index is -0.556. The third-order valence-corrected chi connectivity index (χ3v) is 4.42. The molecule has 7 heteroatoms. The van der Waals surface area contributed by atoms with Gasteiger partial charge < -0.3 is 20.5 Å². The first-order valence-corrected chi connectivity index (χ1v) is 7.56. The Kier molecular flexibility index (Phi) is 4.25. The van der Waals surface area contributed by atoms with Crippen molar-refractivity contribution in [2.45, 2.75) is 39.3 Å². The zero-order valence-corrected chi connectivity index (χ0v) is 13.2. The zero-order chi connectivity index (χ0) is 15.8. The SMILES string of the molecule is CC(C)(C)OC(=O)N1CCc2c(sc(C(=O)CO)c2N)C1. The van der Waals surface area contributed by atoms with Gasteiger partial charge in [0.05, 0.1) is 17.1 Å². The number of hydrogen-bond acceptors (Lipinski definition) is 6. The molecule has 6 nitrogen and oxygen atoms in total. The van der Waals surface area contributed by atoms with Gasteiger partial charge in [-0.1, -0.05) is 0 Å². The van der Waals surface area contributed by atoms with Crippen LogP contribution in [0.4, 0.5) is 10.5 Å². The van der Waals surface area contributed by atoms with Crippen molar-refractivity contribution in [2.24, 2.45) is 0 Å². The van der Waals surface area contributed by atoms with Crippen LogP contribution in [-0.4, -0.2) is 40.6 Å². The average Bonchev–Trinajstić information content (AvgIpc) is 2.73. The summed E-state index contributed by atoms with van der Waals surface area (Å²) >= 11 is 1.25. The topological polar surface area (TPSA) is 92.9 Å². The van der Waals surface area contributed by atoms with Crippen LogP contribution < -0.4 is 5.73 Å². The lowest BCUT2D eigenvalue weighted by Gasteiger charge is -2.30. The highest BCUT2D eigenvalue weighted by Crippen LogP contribution is 2.35. The number of ether oxygens (including phenoxy) is 1. The van der Waals surface area contributed by atoms with Crippen LogP contribution in [0.3, 0.4) is 0 Å². The van der Waals surface area contributed by atoms with Crippen molar-refractivity contribution in [1.29, 1.82) is 0 Å². The van der Waals surface area contributed by atoms with Gasteiger partial charge >= 0.3 is 6.09 Å². The van der Waals surface area contributed by atoms with Gasteiger partial charge in [-0.15, -0.1) is 11.3 Å². The molecular weight excluding hydrogens is 292 g/mol. The van der Waals surface area contributed by atoms with Crippen LogP contribution in [0.15, 0.2) is 0 Å². The van der Waals surface area contributed by atoms with E-state index in [1.165, 1.54) is 11.3 Å². The summed E-state index contributed by atoms with van der Waals surface area (Å²) in [5.74, 6) is -0.379. The smallest absolute Gasteiger partial charge is 0.410 e. The molecule has 0 bridgehead atoms. The van der Waals surface area contributed by atoms with Crippen LogP contribution in [-0.2, 0) is 17.7 Å². The normalized spacial score (nSPS) is 14.8. The molecule has 116 valence electrons. The lowest BCUT2D eigenvalue weighted by Crippen LogP contribution is -2.39. The molecule has 2 rings (SSSR count). The van der Waals surface area contributed by atoms with Gasteiger partial charge in [-0.3, -0.25) is 4.79 Å². The number of aliphatic hydroxyl groups excluding tert-OH is 1. The minimum absolute atomic E-state index is 0.366. The first-order valence-electron chi connectivity index (χ1n) is 6.75. The van der Waals surface area contributed by atoms with Gasteiger partial charge in [0.1, 0.15) is 12.2 Å². The van der Waals surface area contributed by atoms with E-state index >= 15 is 0 Å². The third kappa shape index (κ3) is 3.36. The zero-order valence-electron chi connectivity index (χ0n) is 12.4. The van der Waals surface area contributed by atoms with E-state index in [1.54, 1.807) is 4.90 Å². The lowest BCUT2D eigenvalue weighted by atomic mass is 10.1. The fourth-order valence-corrected chi connectivity index (χ4v) is 3.40. The van der Waals surface area contributed by atoms with Crippen LogP contribution in [0.1, 0.15) is 40.9 Å². The molecule has 0 radical (unpaired) electrons. The number of hydrogen-bond donors (Lipinski definition) is 2. The molecular formula is C14H20N2O4S. The predicted molar refractivity (Wildman–Crippen MR) is 80.5 cm³/mol. The number of nitrogens with zero attached hydrogens (tertiary/aromatic N) is 1. The first-order chi connectivity index (χ1) is 9.73. The number of nitrogen functional groups attached to an aromatic ring is 1. The molecule has 1 aromatic rings. The molecule has 0 aromatic carbocycles. The Bertz CT molecular complexity index is 574. The summed E-state index contributed by atoms with van der Waals surface area (Å²) in [7, 11) is 0. The molecule has 0 aliphatic carbocycles. The Hall–Kier alpha value is -1.60. The van der Waals surface area contributed by atoms with E-state index in [2.05, 4.69) is 0 Å². The van der Waals surface area contributed by atoms with E-state index in [-0.39, 0.29) is 11.9 Å². The Balaban J connectivity index is 2.18. The molecule has 0 fully saturated rings. The van der Waals surface area contributed by atoms with Crippen molar-refractivity contribution < 1.29 is 19.4 Å². The average molecular weight is 312 g/mol. The van der Waals surface area contributed by atoms with Crippen molar-refractivity contribution in [3.8, 4) is 0 Å². The quantitative estimate of drug-likeness (QED) is 0.812. The molecule has 3 N–H and O–H groups in total. The van der Waals surface area contributed by atoms with Crippen molar-refractivity contribution in [3.05, 3.63) is 15.3 Å². The van der Waals surface area contributed by atoms with Crippen molar-refractivity contribution in [1.82, 2.24) is 4.90 Å². The standard InChI is InChI=1S/C14H20N2O4S/c1-14(2,3)20-13(19)16-5-4-8-10(6-16)21-12(11(8)15)9(18)7-17/h17H,4-7,15H2,1-3H3. The van der Waals surface area contributed by atoms with E-state index < -0.39 is 12.2 Å². The molecule has 0 spiro atoms. The summed E-state index contributed by atoms with van der Waals surface area (Å²) in [6.45, 7) is 5.80. The number of aliphatic hydroxyl groups is 1. The molecule has 21 heavy (non-hydrogen) atoms. The largest absolute Gasteiger partial charge is 0.444 e. The molecule has 0 saturated heterocycles. The molecule has 0 atom stereocenters. The Labute approximate surface area is 127 Å². The van der Waals surface area contributed by atoms with Crippen LogP contribution in [0.2, 0.25) is 0 Å². The molecule has 0 saturated carbocycles. The van der Waals surface area contributed by atoms with Crippen molar-refractivity contribution in [2.75, 3.05) is 18.9 Å². The molecule has 1 aliphatic heterocycles. The van der Waals surface area contributed by atoms with Crippen LogP contribution >= 0.6 is 11.3 Å². The van der Waals surface area contributed by atoms with Gasteiger partial charge in [0.2, 0.25) is 0 Å². The summed E-state index contributed by atoms with van der Waals surface area (Å²) in [6.07, 6.45) is 0.227. The number of nitrogens with two attached hydrogens (primary N) is 1. The van der Waals surface area contributed by atoms with Gasteiger partial charge in [0.25, 0.3) is 0 Å². The third-order valence-electron chi connectivity index (χ3n) is 3.15. The number of fused-ring (bicyclic) bond motifs is 1. The fraction of sp³-hybridized carbons (Fsp3) is 0.571. The number of carbonyl (C=O) groups excluding carboxylic acids is 2. The monoisotopic (exact) mass is 312 g/mol. The first kappa shape index (κ1) is 15.8. The molecule has 1 aromatic heterocycles. The van der Waals surface area contributed by atoms with Crippen LogP contribution in [0, 0.1) is 0 Å². The maximum absolute atomic E-state index is 12.1. The van der Waals surface area contributed by atoms with E-state index in [4.69, 9.17) is 15.6 Å². The minimum Gasteiger partial charge on any atom is -0.444 e. The second-order valence-corrected chi connectivity index (χ2v) is 7.08. The van der Waals surface area contributed by atoms with Crippen LogP contribution in [0.25, 0.3) is 0 Å². The molecule has 2 heterocycles. The predicted octanol–water partition coefficient (Wildman–Crippen LogP) is 1.80. The summed E-state index contributed by atoms with van der Waals surface area (Å²) in [5.41, 5.74) is 6.79. The molecule has 0 unspecified atom stereocenters. The number of ketones is 1. The number of carbonyl (C=O) groups is 2. The van der Waals surface area contributed by atoms with Crippen molar-refractivity contribution >= 4 is 28.9 Å². The maximum atomic E-state index is 12.1. The fourth-order valence-electron chi connectivity index (χ4n) is 2.19. The number of rotatable bonds is 2. The van der Waals surface area contributed by atoms with Gasteiger partial charge in [-0.05, 0) is 32.8 Å². The van der Waals surface area contributed by atoms with E-state index in [0.29, 0.717) is 30.1 Å². The number of Topliss-reactive ketones (excluding diaryl/α,β-unsaturated/α-hetero) is 1. The highest BCUT2D eigenvalue weighted by molar-refractivity contribution is 7.15. The van der Waals surface area contributed by atoms with E-state index in [0.717, 1.165) is 10.4 Å². The summed E-state index contributed by atoms with van der Waals surface area (Å²) in [5, 5.41) is 8.96. The van der Waals surface area contributed by atoms with Crippen molar-refractivity contribution in [3.63, 3.8) is 0 Å². The van der Waals surface area contributed by atoms with E-state index in [9.17, 15) is 9.59 Å². The Morgan fingerprint density at radius 1 is 1.43 bits per heavy atom. The Morgan fingerprint density at radius 2 is 2.10 bits per heavy atom. The molecule has 1 aliphatic rings. The number of amides is 1. The summed E-state index contributed by atoms with van der Waals surface area (Å²) in [6, 6.07) is 0. The lowest BCUT2D eigenvalue weighted by molar-refractivity contribution is 0.0226. The molecule has 1 amide bonds. The highest BCUT2D eigenvalue weighted by Gasteiger charge is 2.29. The Morgan fingerprint density at radius 3 is 2.67 bits per heavy atom. The number of thiophene rings is 1. The highest BCUT2D eigenvalue weighted by atomic mass is 32.1. The summed E-state index contributed by atoms with van der Waals surface area (Å²) < 4.78 is 5.35. The second-order valence-electron chi connectivity index (χ2n) is 5.98. The van der Waals surface area contributed by atoms with Gasteiger partial charge in [0, 0.05) is 11.4 Å². The summed E-state index contributed by atoms with van der Waals surface area (Å²) in [4.78, 5) is 26.6. The van der Waals surface area contributed by atoms with E-state index in [1.807, 2.05) is 20.8 Å². The maximum Gasteiger partial charge on any atom is 0.410 e.